The monoisotopic (exact) mass is 253 g/mol. The first-order valence-electron chi connectivity index (χ1n) is 4.92. The minimum absolute atomic E-state index is 0.717. The van der Waals surface area contributed by atoms with Crippen molar-refractivity contribution in [1.29, 1.82) is 0 Å². The molecule has 1 N–H and O–H groups in total. The van der Waals surface area contributed by atoms with E-state index in [-0.39, 0.29) is 0 Å². The van der Waals surface area contributed by atoms with E-state index in [1.807, 2.05) is 12.4 Å². The van der Waals surface area contributed by atoms with Crippen LogP contribution in [0, 0.1) is 5.92 Å². The Hall–Kier alpha value is -0.610. The van der Waals surface area contributed by atoms with Crippen LogP contribution in [0.1, 0.15) is 0 Å². The second kappa shape index (κ2) is 3.21. The SMILES string of the molecule is Brc1cncc(N2C[C@H]3CN[C@H]3C2)c1. The zero-order chi connectivity index (χ0) is 9.54. The molecule has 2 atom stereocenters. The van der Waals surface area contributed by atoms with Gasteiger partial charge in [0.05, 0.1) is 11.9 Å². The van der Waals surface area contributed by atoms with Gasteiger partial charge in [-0.2, -0.15) is 0 Å². The summed E-state index contributed by atoms with van der Waals surface area (Å²) in [4.78, 5) is 6.60. The van der Waals surface area contributed by atoms with Crippen LogP contribution in [0.5, 0.6) is 0 Å². The quantitative estimate of drug-likeness (QED) is 0.817. The lowest BCUT2D eigenvalue weighted by Gasteiger charge is -2.29. The van der Waals surface area contributed by atoms with Gasteiger partial charge in [-0.3, -0.25) is 4.98 Å². The second-order valence-corrected chi connectivity index (χ2v) is 4.96. The molecule has 2 aliphatic heterocycles. The number of rotatable bonds is 1. The molecule has 2 fully saturated rings. The van der Waals surface area contributed by atoms with Crippen LogP contribution in [0.15, 0.2) is 22.9 Å². The number of hydrogen-bond acceptors (Lipinski definition) is 3. The van der Waals surface area contributed by atoms with Crippen LogP contribution in [0.2, 0.25) is 0 Å². The molecule has 14 heavy (non-hydrogen) atoms. The van der Waals surface area contributed by atoms with E-state index in [1.54, 1.807) is 0 Å². The average molecular weight is 254 g/mol. The van der Waals surface area contributed by atoms with Gasteiger partial charge < -0.3 is 10.2 Å². The smallest absolute Gasteiger partial charge is 0.0564 e. The number of aromatic nitrogens is 1. The van der Waals surface area contributed by atoms with Gasteiger partial charge in [-0.15, -0.1) is 0 Å². The summed E-state index contributed by atoms with van der Waals surface area (Å²) in [6.07, 6.45) is 3.77. The lowest BCUT2D eigenvalue weighted by Crippen LogP contribution is -2.51. The molecule has 74 valence electrons. The Kier molecular flexibility index (Phi) is 1.99. The fraction of sp³-hybridized carbons (Fsp3) is 0.500. The third kappa shape index (κ3) is 1.33. The van der Waals surface area contributed by atoms with Crippen molar-refractivity contribution in [2.75, 3.05) is 24.5 Å². The summed E-state index contributed by atoms with van der Waals surface area (Å²) in [5, 5.41) is 3.45. The molecule has 2 saturated heterocycles. The zero-order valence-electron chi connectivity index (χ0n) is 7.78. The average Bonchev–Trinajstić information content (AvgIpc) is 2.43. The van der Waals surface area contributed by atoms with Gasteiger partial charge in [0.15, 0.2) is 0 Å². The lowest BCUT2D eigenvalue weighted by atomic mass is 9.96. The van der Waals surface area contributed by atoms with Crippen LogP contribution in [0.25, 0.3) is 0 Å². The number of anilines is 1. The largest absolute Gasteiger partial charge is 0.368 e. The maximum Gasteiger partial charge on any atom is 0.0564 e. The maximum absolute atomic E-state index is 4.19. The number of nitrogens with zero attached hydrogens (tertiary/aromatic N) is 2. The van der Waals surface area contributed by atoms with Gasteiger partial charge >= 0.3 is 0 Å². The van der Waals surface area contributed by atoms with Crippen molar-refractivity contribution in [3.8, 4) is 0 Å². The zero-order valence-corrected chi connectivity index (χ0v) is 9.37. The number of halogens is 1. The van der Waals surface area contributed by atoms with E-state index in [1.165, 1.54) is 18.8 Å². The summed E-state index contributed by atoms with van der Waals surface area (Å²) in [5.74, 6) is 0.856. The van der Waals surface area contributed by atoms with Gasteiger partial charge in [-0.05, 0) is 22.0 Å². The second-order valence-electron chi connectivity index (χ2n) is 4.04. The normalized spacial score (nSPS) is 29.9. The van der Waals surface area contributed by atoms with Crippen molar-refractivity contribution in [1.82, 2.24) is 10.3 Å². The Morgan fingerprint density at radius 1 is 1.43 bits per heavy atom. The molecule has 0 bridgehead atoms. The fourth-order valence-corrected chi connectivity index (χ4v) is 2.59. The minimum atomic E-state index is 0.717. The van der Waals surface area contributed by atoms with E-state index >= 15 is 0 Å². The molecule has 3 rings (SSSR count). The van der Waals surface area contributed by atoms with Crippen molar-refractivity contribution in [2.45, 2.75) is 6.04 Å². The van der Waals surface area contributed by atoms with Crippen LogP contribution >= 0.6 is 15.9 Å². The molecular formula is C10H12BrN3. The highest BCUT2D eigenvalue weighted by atomic mass is 79.9. The summed E-state index contributed by atoms with van der Waals surface area (Å²) < 4.78 is 1.06. The minimum Gasteiger partial charge on any atom is -0.368 e. The Labute approximate surface area is 91.6 Å². The summed E-state index contributed by atoms with van der Waals surface area (Å²) in [6, 6.07) is 2.85. The molecule has 0 spiro atoms. The molecule has 0 radical (unpaired) electrons. The number of fused-ring (bicyclic) bond motifs is 1. The predicted octanol–water partition coefficient (Wildman–Crippen LogP) is 1.25. The molecule has 4 heteroatoms. The molecule has 0 saturated carbocycles. The Bertz CT molecular complexity index is 343. The lowest BCUT2D eigenvalue weighted by molar-refractivity contribution is 0.297. The predicted molar refractivity (Wildman–Crippen MR) is 59.4 cm³/mol. The van der Waals surface area contributed by atoms with Crippen LogP contribution in [0.4, 0.5) is 5.69 Å². The molecular weight excluding hydrogens is 242 g/mol. The standard InChI is InChI=1S/C10H12BrN3/c11-8-1-9(4-12-3-8)14-5-7-2-13-10(7)6-14/h1,3-4,7,10,13H,2,5-6H2/t7-,10+/m1/s1. The van der Waals surface area contributed by atoms with E-state index < -0.39 is 0 Å². The topological polar surface area (TPSA) is 28.2 Å². The third-order valence-electron chi connectivity index (χ3n) is 3.14. The van der Waals surface area contributed by atoms with E-state index in [2.05, 4.69) is 37.2 Å². The van der Waals surface area contributed by atoms with Crippen LogP contribution in [-0.2, 0) is 0 Å². The highest BCUT2D eigenvalue weighted by molar-refractivity contribution is 9.10. The first-order valence-corrected chi connectivity index (χ1v) is 5.71. The molecule has 3 heterocycles. The van der Waals surface area contributed by atoms with Crippen molar-refractivity contribution >= 4 is 21.6 Å². The molecule has 2 aliphatic rings. The highest BCUT2D eigenvalue weighted by Crippen LogP contribution is 2.28. The molecule has 1 aromatic rings. The van der Waals surface area contributed by atoms with E-state index in [9.17, 15) is 0 Å². The van der Waals surface area contributed by atoms with Crippen molar-refractivity contribution in [3.05, 3.63) is 22.9 Å². The Balaban J connectivity index is 1.82. The first-order chi connectivity index (χ1) is 6.83. The molecule has 0 aliphatic carbocycles. The van der Waals surface area contributed by atoms with E-state index in [0.29, 0.717) is 6.04 Å². The van der Waals surface area contributed by atoms with Gasteiger partial charge in [0.2, 0.25) is 0 Å². The summed E-state index contributed by atoms with van der Waals surface area (Å²) in [6.45, 7) is 3.49. The molecule has 0 unspecified atom stereocenters. The van der Waals surface area contributed by atoms with Gasteiger partial charge in [0, 0.05) is 42.3 Å². The van der Waals surface area contributed by atoms with Crippen molar-refractivity contribution < 1.29 is 0 Å². The Morgan fingerprint density at radius 2 is 2.36 bits per heavy atom. The van der Waals surface area contributed by atoms with Crippen LogP contribution < -0.4 is 10.2 Å². The number of nitrogens with one attached hydrogen (secondary N) is 1. The number of pyridine rings is 1. The third-order valence-corrected chi connectivity index (χ3v) is 3.57. The van der Waals surface area contributed by atoms with Crippen molar-refractivity contribution in [2.24, 2.45) is 5.92 Å². The number of hydrogen-bond donors (Lipinski definition) is 1. The van der Waals surface area contributed by atoms with Crippen LogP contribution in [-0.4, -0.2) is 30.7 Å². The molecule has 0 amide bonds. The van der Waals surface area contributed by atoms with Crippen LogP contribution in [0.3, 0.4) is 0 Å². The first kappa shape index (κ1) is 8.68. The van der Waals surface area contributed by atoms with Gasteiger partial charge in [-0.25, -0.2) is 0 Å². The summed E-state index contributed by atoms with van der Waals surface area (Å²) in [7, 11) is 0. The van der Waals surface area contributed by atoms with Gasteiger partial charge in [0.25, 0.3) is 0 Å². The summed E-state index contributed by atoms with van der Waals surface area (Å²) in [5.41, 5.74) is 1.23. The molecule has 3 nitrogen and oxygen atoms in total. The fourth-order valence-electron chi connectivity index (χ4n) is 2.24. The highest BCUT2D eigenvalue weighted by Gasteiger charge is 2.38. The Morgan fingerprint density at radius 3 is 2.93 bits per heavy atom. The maximum atomic E-state index is 4.19. The summed E-state index contributed by atoms with van der Waals surface area (Å²) >= 11 is 3.45. The molecule has 1 aromatic heterocycles. The van der Waals surface area contributed by atoms with E-state index in [0.717, 1.165) is 16.9 Å². The van der Waals surface area contributed by atoms with E-state index in [4.69, 9.17) is 0 Å². The van der Waals surface area contributed by atoms with Gasteiger partial charge in [0.1, 0.15) is 0 Å². The molecule has 0 aromatic carbocycles. The van der Waals surface area contributed by atoms with Gasteiger partial charge in [-0.1, -0.05) is 0 Å². The van der Waals surface area contributed by atoms with Crippen molar-refractivity contribution in [3.63, 3.8) is 0 Å².